The Hall–Kier alpha value is -0.980. The quantitative estimate of drug-likeness (QED) is 0.846. The van der Waals surface area contributed by atoms with Gasteiger partial charge in [-0.05, 0) is 26.7 Å². The summed E-state index contributed by atoms with van der Waals surface area (Å²) in [7, 11) is 0. The Kier molecular flexibility index (Phi) is 4.09. The second-order valence-corrected chi connectivity index (χ2v) is 4.47. The van der Waals surface area contributed by atoms with E-state index >= 15 is 0 Å². The molecule has 1 aromatic rings. The molecule has 6 nitrogen and oxygen atoms in total. The van der Waals surface area contributed by atoms with Crippen LogP contribution in [0, 0.1) is 0 Å². The van der Waals surface area contributed by atoms with E-state index in [1.165, 1.54) is 0 Å². The van der Waals surface area contributed by atoms with E-state index in [0.717, 1.165) is 12.8 Å². The van der Waals surface area contributed by atoms with E-state index in [0.29, 0.717) is 18.3 Å². The summed E-state index contributed by atoms with van der Waals surface area (Å²) in [5.41, 5.74) is 5.38. The van der Waals surface area contributed by atoms with E-state index in [1.807, 2.05) is 0 Å². The minimum Gasteiger partial charge on any atom is -0.375 e. The highest BCUT2D eigenvalue weighted by molar-refractivity contribution is 4.84. The Morgan fingerprint density at radius 3 is 2.65 bits per heavy atom. The lowest BCUT2D eigenvalue weighted by Gasteiger charge is -2.31. The zero-order chi connectivity index (χ0) is 12.3. The number of aromatic nitrogens is 2. The molecule has 1 aromatic heterocycles. The van der Waals surface area contributed by atoms with Crippen molar-refractivity contribution in [2.75, 3.05) is 0 Å². The third kappa shape index (κ3) is 3.49. The summed E-state index contributed by atoms with van der Waals surface area (Å²) in [6.07, 6.45) is 2.51. The summed E-state index contributed by atoms with van der Waals surface area (Å²) >= 11 is 0. The van der Waals surface area contributed by atoms with E-state index in [4.69, 9.17) is 19.7 Å². The van der Waals surface area contributed by atoms with Crippen LogP contribution in [0.3, 0.4) is 0 Å². The monoisotopic (exact) mass is 241 g/mol. The van der Waals surface area contributed by atoms with Crippen LogP contribution in [0.25, 0.3) is 0 Å². The van der Waals surface area contributed by atoms with Gasteiger partial charge in [-0.2, -0.15) is 4.98 Å². The van der Waals surface area contributed by atoms with Crippen LogP contribution >= 0.6 is 0 Å². The van der Waals surface area contributed by atoms with Crippen LogP contribution < -0.4 is 5.73 Å². The molecule has 1 aliphatic rings. The van der Waals surface area contributed by atoms with Gasteiger partial charge in [0.05, 0.1) is 24.9 Å². The first-order valence-corrected chi connectivity index (χ1v) is 5.96. The van der Waals surface area contributed by atoms with Crippen molar-refractivity contribution in [1.29, 1.82) is 0 Å². The van der Waals surface area contributed by atoms with Crippen LogP contribution in [0.4, 0.5) is 0 Å². The molecule has 0 saturated carbocycles. The van der Waals surface area contributed by atoms with Crippen LogP contribution in [-0.4, -0.2) is 28.5 Å². The van der Waals surface area contributed by atoms with E-state index < -0.39 is 0 Å². The number of nitrogens with zero attached hydrogens (tertiary/aromatic N) is 2. The molecule has 0 bridgehead atoms. The molecule has 96 valence electrons. The first-order valence-electron chi connectivity index (χ1n) is 5.96. The third-order valence-electron chi connectivity index (χ3n) is 2.79. The molecule has 2 heterocycles. The van der Waals surface area contributed by atoms with Gasteiger partial charge in [-0.3, -0.25) is 0 Å². The fourth-order valence-corrected chi connectivity index (χ4v) is 2.10. The highest BCUT2D eigenvalue weighted by Crippen LogP contribution is 2.22. The van der Waals surface area contributed by atoms with Gasteiger partial charge >= 0.3 is 0 Å². The standard InChI is InChI=1S/C11H19N3O3/c1-7-3-9(4-8(2)16-7)15-6-10-13-11(5-12)17-14-10/h7-9H,3-6,12H2,1-2H3. The number of hydrogen-bond acceptors (Lipinski definition) is 6. The molecule has 0 spiro atoms. The molecule has 0 aliphatic carbocycles. The maximum atomic E-state index is 5.76. The van der Waals surface area contributed by atoms with Crippen molar-refractivity contribution in [3.63, 3.8) is 0 Å². The van der Waals surface area contributed by atoms with Gasteiger partial charge in [-0.1, -0.05) is 5.16 Å². The fraction of sp³-hybridized carbons (Fsp3) is 0.818. The van der Waals surface area contributed by atoms with Crippen LogP contribution in [0.1, 0.15) is 38.4 Å². The molecule has 2 atom stereocenters. The van der Waals surface area contributed by atoms with Gasteiger partial charge in [0.2, 0.25) is 5.89 Å². The largest absolute Gasteiger partial charge is 0.375 e. The molecule has 6 heteroatoms. The number of nitrogens with two attached hydrogens (primary N) is 1. The SMILES string of the molecule is CC1CC(OCc2noc(CN)n2)CC(C)O1. The van der Waals surface area contributed by atoms with Gasteiger partial charge < -0.3 is 19.7 Å². The zero-order valence-corrected chi connectivity index (χ0v) is 10.3. The van der Waals surface area contributed by atoms with Crippen LogP contribution in [0.2, 0.25) is 0 Å². The number of hydrogen-bond donors (Lipinski definition) is 1. The summed E-state index contributed by atoms with van der Waals surface area (Å²) in [6, 6.07) is 0. The molecule has 2 rings (SSSR count). The lowest BCUT2D eigenvalue weighted by atomic mass is 10.0. The Morgan fingerprint density at radius 2 is 2.06 bits per heavy atom. The lowest BCUT2D eigenvalue weighted by molar-refractivity contribution is -0.107. The molecule has 1 saturated heterocycles. The maximum Gasteiger partial charge on any atom is 0.240 e. The van der Waals surface area contributed by atoms with Gasteiger partial charge in [-0.15, -0.1) is 0 Å². The first-order chi connectivity index (χ1) is 8.17. The van der Waals surface area contributed by atoms with Gasteiger partial charge in [0.15, 0.2) is 5.82 Å². The molecular weight excluding hydrogens is 222 g/mol. The Balaban J connectivity index is 1.81. The van der Waals surface area contributed by atoms with E-state index in [9.17, 15) is 0 Å². The van der Waals surface area contributed by atoms with Crippen molar-refractivity contribution in [1.82, 2.24) is 10.1 Å². The second-order valence-electron chi connectivity index (χ2n) is 4.47. The average Bonchev–Trinajstić information content (AvgIpc) is 2.73. The van der Waals surface area contributed by atoms with Crippen molar-refractivity contribution < 1.29 is 14.0 Å². The minimum atomic E-state index is 0.202. The van der Waals surface area contributed by atoms with Gasteiger partial charge in [-0.25, -0.2) is 0 Å². The van der Waals surface area contributed by atoms with E-state index in [1.54, 1.807) is 0 Å². The van der Waals surface area contributed by atoms with Crippen LogP contribution in [0.5, 0.6) is 0 Å². The summed E-state index contributed by atoms with van der Waals surface area (Å²) < 4.78 is 16.3. The summed E-state index contributed by atoms with van der Waals surface area (Å²) in [6.45, 7) is 4.76. The van der Waals surface area contributed by atoms with Crippen molar-refractivity contribution >= 4 is 0 Å². The molecule has 0 amide bonds. The Labute approximate surface area is 100 Å². The van der Waals surface area contributed by atoms with Crippen LogP contribution in [-0.2, 0) is 22.6 Å². The molecule has 17 heavy (non-hydrogen) atoms. The molecule has 2 N–H and O–H groups in total. The number of ether oxygens (including phenoxy) is 2. The second kappa shape index (κ2) is 5.57. The highest BCUT2D eigenvalue weighted by atomic mass is 16.5. The summed E-state index contributed by atoms with van der Waals surface area (Å²) in [5.74, 6) is 0.995. The predicted molar refractivity (Wildman–Crippen MR) is 60.0 cm³/mol. The topological polar surface area (TPSA) is 83.4 Å². The van der Waals surface area contributed by atoms with Crippen molar-refractivity contribution in [3.05, 3.63) is 11.7 Å². The molecule has 2 unspecified atom stereocenters. The normalized spacial score (nSPS) is 29.5. The van der Waals surface area contributed by atoms with E-state index in [-0.39, 0.29) is 24.9 Å². The van der Waals surface area contributed by atoms with Crippen LogP contribution in [0.15, 0.2) is 4.52 Å². The third-order valence-corrected chi connectivity index (χ3v) is 2.79. The molecule has 1 aliphatic heterocycles. The first kappa shape index (κ1) is 12.5. The van der Waals surface area contributed by atoms with Crippen molar-refractivity contribution in [2.45, 2.75) is 58.2 Å². The minimum absolute atomic E-state index is 0.202. The average molecular weight is 241 g/mol. The number of rotatable bonds is 4. The smallest absolute Gasteiger partial charge is 0.240 e. The summed E-state index contributed by atoms with van der Waals surface area (Å²) in [5, 5.41) is 3.79. The van der Waals surface area contributed by atoms with Crippen molar-refractivity contribution in [3.8, 4) is 0 Å². The van der Waals surface area contributed by atoms with Crippen molar-refractivity contribution in [2.24, 2.45) is 5.73 Å². The molecule has 1 fully saturated rings. The molecular formula is C11H19N3O3. The predicted octanol–water partition coefficient (Wildman–Crippen LogP) is 1.00. The van der Waals surface area contributed by atoms with Gasteiger partial charge in [0.1, 0.15) is 6.61 Å². The molecule has 0 radical (unpaired) electrons. The molecule has 0 aromatic carbocycles. The van der Waals surface area contributed by atoms with Gasteiger partial charge in [0, 0.05) is 0 Å². The Bertz CT molecular complexity index is 345. The summed E-state index contributed by atoms with van der Waals surface area (Å²) in [4.78, 5) is 4.09. The Morgan fingerprint density at radius 1 is 1.35 bits per heavy atom. The fourth-order valence-electron chi connectivity index (χ4n) is 2.10. The van der Waals surface area contributed by atoms with Gasteiger partial charge in [0.25, 0.3) is 0 Å². The maximum absolute atomic E-state index is 5.76. The van der Waals surface area contributed by atoms with E-state index in [2.05, 4.69) is 24.0 Å². The zero-order valence-electron chi connectivity index (χ0n) is 10.3. The lowest BCUT2D eigenvalue weighted by Crippen LogP contribution is -2.34. The highest BCUT2D eigenvalue weighted by Gasteiger charge is 2.25.